The van der Waals surface area contributed by atoms with Gasteiger partial charge in [0.1, 0.15) is 5.76 Å². The van der Waals surface area contributed by atoms with Crippen LogP contribution >= 0.6 is 0 Å². The predicted octanol–water partition coefficient (Wildman–Crippen LogP) is 4.27. The molecule has 0 spiro atoms. The summed E-state index contributed by atoms with van der Waals surface area (Å²) in [5, 5.41) is 0. The lowest BCUT2D eigenvalue weighted by Gasteiger charge is -2.34. The van der Waals surface area contributed by atoms with Crippen LogP contribution < -0.4 is 0 Å². The van der Waals surface area contributed by atoms with Gasteiger partial charge < -0.3 is 9.15 Å². The maximum atomic E-state index is 11.9. The van der Waals surface area contributed by atoms with Gasteiger partial charge in [0.15, 0.2) is 0 Å². The number of benzene rings is 1. The summed E-state index contributed by atoms with van der Waals surface area (Å²) in [6, 6.07) is 8.34. The van der Waals surface area contributed by atoms with Crippen LogP contribution in [0.4, 0.5) is 0 Å². The smallest absolute Gasteiger partial charge is 0.307 e. The lowest BCUT2D eigenvalue weighted by molar-refractivity contribution is -0.145. The zero-order valence-electron chi connectivity index (χ0n) is 16.0. The summed E-state index contributed by atoms with van der Waals surface area (Å²) in [5.74, 6) is 1.42. The standard InChI is InChI=1S/C21H28N2O3/c1-4-25-20(24)13-17-10-7-8-12-23(17)14-19-16(3)26-21(22-19)18-11-6-5-9-15(18)2/h5-6,9,11,17H,4,7-8,10,12-14H2,1-3H3/t17-/m0/s1. The predicted molar refractivity (Wildman–Crippen MR) is 101 cm³/mol. The van der Waals surface area contributed by atoms with Crippen molar-refractivity contribution in [1.82, 2.24) is 9.88 Å². The number of likely N-dealkylation sites (tertiary alicyclic amines) is 1. The highest BCUT2D eigenvalue weighted by molar-refractivity contribution is 5.70. The van der Waals surface area contributed by atoms with Crippen LogP contribution in [0.15, 0.2) is 28.7 Å². The van der Waals surface area contributed by atoms with Crippen LogP contribution in [0.5, 0.6) is 0 Å². The van der Waals surface area contributed by atoms with Crippen molar-refractivity contribution in [3.05, 3.63) is 41.3 Å². The van der Waals surface area contributed by atoms with Crippen LogP contribution in [0.1, 0.15) is 49.6 Å². The van der Waals surface area contributed by atoms with Crippen LogP contribution in [0.3, 0.4) is 0 Å². The molecule has 1 fully saturated rings. The first-order valence-electron chi connectivity index (χ1n) is 9.50. The van der Waals surface area contributed by atoms with Gasteiger partial charge in [0.05, 0.1) is 18.7 Å². The van der Waals surface area contributed by atoms with E-state index in [1.165, 1.54) is 0 Å². The Morgan fingerprint density at radius 1 is 1.31 bits per heavy atom. The number of oxazole rings is 1. The molecule has 1 aromatic carbocycles. The molecule has 5 nitrogen and oxygen atoms in total. The van der Waals surface area contributed by atoms with E-state index in [4.69, 9.17) is 14.1 Å². The molecule has 0 aliphatic carbocycles. The molecule has 140 valence electrons. The van der Waals surface area contributed by atoms with E-state index in [0.29, 0.717) is 25.5 Å². The minimum absolute atomic E-state index is 0.109. The number of piperidine rings is 1. The van der Waals surface area contributed by atoms with Crippen molar-refractivity contribution in [1.29, 1.82) is 0 Å². The second-order valence-electron chi connectivity index (χ2n) is 6.97. The fourth-order valence-corrected chi connectivity index (χ4v) is 3.61. The Balaban J connectivity index is 1.75. The fourth-order valence-electron chi connectivity index (χ4n) is 3.61. The molecule has 1 aliphatic heterocycles. The molecule has 26 heavy (non-hydrogen) atoms. The number of nitrogens with zero attached hydrogens (tertiary/aromatic N) is 2. The van der Waals surface area contributed by atoms with Gasteiger partial charge in [0, 0.05) is 18.2 Å². The van der Waals surface area contributed by atoms with Crippen molar-refractivity contribution in [2.24, 2.45) is 0 Å². The molecule has 1 atom stereocenters. The monoisotopic (exact) mass is 356 g/mol. The van der Waals surface area contributed by atoms with Gasteiger partial charge in [-0.25, -0.2) is 4.98 Å². The summed E-state index contributed by atoms with van der Waals surface area (Å²) < 4.78 is 11.1. The minimum Gasteiger partial charge on any atom is -0.466 e. The first-order chi connectivity index (χ1) is 12.6. The van der Waals surface area contributed by atoms with E-state index in [0.717, 1.165) is 48.4 Å². The molecule has 0 amide bonds. The average molecular weight is 356 g/mol. The van der Waals surface area contributed by atoms with Crippen LogP contribution in [0, 0.1) is 13.8 Å². The maximum Gasteiger partial charge on any atom is 0.307 e. The van der Waals surface area contributed by atoms with E-state index < -0.39 is 0 Å². The number of aromatic nitrogens is 1. The molecule has 0 unspecified atom stereocenters. The molecule has 3 rings (SSSR count). The first-order valence-corrected chi connectivity index (χ1v) is 9.50. The molecule has 2 heterocycles. The summed E-state index contributed by atoms with van der Waals surface area (Å²) >= 11 is 0. The maximum absolute atomic E-state index is 11.9. The number of hydrogen-bond donors (Lipinski definition) is 0. The van der Waals surface area contributed by atoms with E-state index >= 15 is 0 Å². The van der Waals surface area contributed by atoms with E-state index in [-0.39, 0.29) is 12.0 Å². The molecule has 0 saturated carbocycles. The molecule has 1 saturated heterocycles. The Hall–Kier alpha value is -2.14. The van der Waals surface area contributed by atoms with Crippen molar-refractivity contribution < 1.29 is 13.9 Å². The Morgan fingerprint density at radius 2 is 2.12 bits per heavy atom. The lowest BCUT2D eigenvalue weighted by Crippen LogP contribution is -2.40. The molecule has 0 bridgehead atoms. The number of aryl methyl sites for hydroxylation is 2. The van der Waals surface area contributed by atoms with E-state index in [1.54, 1.807) is 0 Å². The number of ether oxygens (including phenoxy) is 1. The van der Waals surface area contributed by atoms with Crippen molar-refractivity contribution >= 4 is 5.97 Å². The Bertz CT molecular complexity index is 753. The Kier molecular flexibility index (Phi) is 6.09. The van der Waals surface area contributed by atoms with Gasteiger partial charge in [-0.3, -0.25) is 9.69 Å². The largest absolute Gasteiger partial charge is 0.466 e. The van der Waals surface area contributed by atoms with E-state index in [2.05, 4.69) is 17.9 Å². The molecule has 1 aromatic heterocycles. The van der Waals surface area contributed by atoms with Crippen molar-refractivity contribution in [2.45, 2.75) is 59.0 Å². The summed E-state index contributed by atoms with van der Waals surface area (Å²) in [6.07, 6.45) is 3.80. The number of carbonyl (C=O) groups excluding carboxylic acids is 1. The number of rotatable bonds is 6. The third-order valence-electron chi connectivity index (χ3n) is 5.08. The van der Waals surface area contributed by atoms with Gasteiger partial charge in [-0.2, -0.15) is 0 Å². The highest BCUT2D eigenvalue weighted by Crippen LogP contribution is 2.27. The second-order valence-corrected chi connectivity index (χ2v) is 6.97. The van der Waals surface area contributed by atoms with Crippen LogP contribution in [-0.4, -0.2) is 35.0 Å². The molecule has 5 heteroatoms. The average Bonchev–Trinajstić information content (AvgIpc) is 2.98. The molecule has 0 N–H and O–H groups in total. The van der Waals surface area contributed by atoms with Gasteiger partial charge in [0.2, 0.25) is 5.89 Å². The fraction of sp³-hybridized carbons (Fsp3) is 0.524. The quantitative estimate of drug-likeness (QED) is 0.724. The third kappa shape index (κ3) is 4.33. The Labute approximate surface area is 155 Å². The van der Waals surface area contributed by atoms with Crippen LogP contribution in [0.25, 0.3) is 11.5 Å². The van der Waals surface area contributed by atoms with Crippen molar-refractivity contribution in [3.63, 3.8) is 0 Å². The first kappa shape index (κ1) is 18.6. The number of hydrogen-bond acceptors (Lipinski definition) is 5. The van der Waals surface area contributed by atoms with Gasteiger partial charge in [0.25, 0.3) is 0 Å². The zero-order chi connectivity index (χ0) is 18.5. The van der Waals surface area contributed by atoms with Crippen LogP contribution in [-0.2, 0) is 16.1 Å². The summed E-state index contributed by atoms with van der Waals surface area (Å²) in [5.41, 5.74) is 3.14. The lowest BCUT2D eigenvalue weighted by atomic mass is 9.99. The summed E-state index contributed by atoms with van der Waals surface area (Å²) in [4.78, 5) is 19.0. The minimum atomic E-state index is -0.109. The molecule has 0 radical (unpaired) electrons. The van der Waals surface area contributed by atoms with E-state index in [9.17, 15) is 4.79 Å². The summed E-state index contributed by atoms with van der Waals surface area (Å²) in [7, 11) is 0. The molecule has 1 aliphatic rings. The summed E-state index contributed by atoms with van der Waals surface area (Å²) in [6.45, 7) is 8.01. The Morgan fingerprint density at radius 3 is 2.88 bits per heavy atom. The molecular weight excluding hydrogens is 328 g/mol. The number of carbonyl (C=O) groups is 1. The SMILES string of the molecule is CCOC(=O)C[C@@H]1CCCCN1Cc1nc(-c2ccccc2C)oc1C. The highest BCUT2D eigenvalue weighted by Gasteiger charge is 2.27. The third-order valence-corrected chi connectivity index (χ3v) is 5.08. The molecule has 2 aromatic rings. The highest BCUT2D eigenvalue weighted by atomic mass is 16.5. The van der Waals surface area contributed by atoms with Crippen LogP contribution in [0.2, 0.25) is 0 Å². The van der Waals surface area contributed by atoms with E-state index in [1.807, 2.05) is 32.0 Å². The zero-order valence-corrected chi connectivity index (χ0v) is 16.0. The molecular formula is C21H28N2O3. The second kappa shape index (κ2) is 8.49. The van der Waals surface area contributed by atoms with Gasteiger partial charge in [-0.1, -0.05) is 24.6 Å². The van der Waals surface area contributed by atoms with Crippen molar-refractivity contribution in [2.75, 3.05) is 13.2 Å². The number of esters is 1. The topological polar surface area (TPSA) is 55.6 Å². The normalized spacial score (nSPS) is 18.0. The van der Waals surface area contributed by atoms with Crippen molar-refractivity contribution in [3.8, 4) is 11.5 Å². The van der Waals surface area contributed by atoms with Gasteiger partial charge in [-0.15, -0.1) is 0 Å². The van der Waals surface area contributed by atoms with Gasteiger partial charge in [-0.05, 0) is 51.8 Å². The van der Waals surface area contributed by atoms with Gasteiger partial charge >= 0.3 is 5.97 Å².